The molecule has 1 amide bonds. The quantitative estimate of drug-likeness (QED) is 0.348. The van der Waals surface area contributed by atoms with Crippen molar-refractivity contribution in [3.8, 4) is 5.75 Å². The van der Waals surface area contributed by atoms with Gasteiger partial charge in [0.05, 0.1) is 23.3 Å². The minimum Gasteiger partial charge on any atom is -0.492 e. The van der Waals surface area contributed by atoms with Gasteiger partial charge in [-0.25, -0.2) is 4.98 Å². The molecule has 0 saturated carbocycles. The third-order valence-electron chi connectivity index (χ3n) is 5.92. The van der Waals surface area contributed by atoms with Crippen LogP contribution in [0.25, 0.3) is 11.0 Å². The molecule has 32 heavy (non-hydrogen) atoms. The third-order valence-corrected chi connectivity index (χ3v) is 6.59. The summed E-state index contributed by atoms with van der Waals surface area (Å²) in [6.07, 6.45) is 0.448. The van der Waals surface area contributed by atoms with Crippen molar-refractivity contribution in [2.75, 3.05) is 18.1 Å². The summed E-state index contributed by atoms with van der Waals surface area (Å²) in [7, 11) is 0. The summed E-state index contributed by atoms with van der Waals surface area (Å²) in [6, 6.07) is 24.1. The van der Waals surface area contributed by atoms with E-state index in [0.29, 0.717) is 26.1 Å². The molecule has 0 N–H and O–H groups in total. The van der Waals surface area contributed by atoms with E-state index in [1.807, 2.05) is 71.6 Å². The van der Waals surface area contributed by atoms with Crippen LogP contribution in [0, 0.1) is 6.92 Å². The first-order valence-corrected chi connectivity index (χ1v) is 11.6. The SMILES string of the molecule is Cc1ccc(OCCn2c([C@H]3CC(=O)N(c4ccccc4Br)C3)nc3ccccc32)cc1. The van der Waals surface area contributed by atoms with Gasteiger partial charge in [-0.2, -0.15) is 0 Å². The van der Waals surface area contributed by atoms with Gasteiger partial charge in [0.15, 0.2) is 0 Å². The van der Waals surface area contributed by atoms with Gasteiger partial charge in [0.1, 0.15) is 18.2 Å². The topological polar surface area (TPSA) is 47.4 Å². The van der Waals surface area contributed by atoms with E-state index < -0.39 is 0 Å². The number of halogens is 1. The predicted molar refractivity (Wildman–Crippen MR) is 130 cm³/mol. The van der Waals surface area contributed by atoms with Gasteiger partial charge in [-0.05, 0) is 59.3 Å². The number of rotatable bonds is 6. The van der Waals surface area contributed by atoms with Gasteiger partial charge < -0.3 is 14.2 Å². The maximum Gasteiger partial charge on any atom is 0.227 e. The molecule has 1 atom stereocenters. The van der Waals surface area contributed by atoms with Gasteiger partial charge in [-0.3, -0.25) is 4.79 Å². The Labute approximate surface area is 195 Å². The van der Waals surface area contributed by atoms with E-state index in [2.05, 4.69) is 33.5 Å². The van der Waals surface area contributed by atoms with Gasteiger partial charge >= 0.3 is 0 Å². The average molecular weight is 490 g/mol. The Balaban J connectivity index is 1.41. The number of amides is 1. The van der Waals surface area contributed by atoms with Crippen molar-refractivity contribution in [1.82, 2.24) is 9.55 Å². The first-order chi connectivity index (χ1) is 15.6. The molecule has 1 aromatic heterocycles. The lowest BCUT2D eigenvalue weighted by atomic mass is 10.1. The first-order valence-electron chi connectivity index (χ1n) is 10.8. The highest BCUT2D eigenvalue weighted by atomic mass is 79.9. The fourth-order valence-corrected chi connectivity index (χ4v) is 4.81. The zero-order valence-electron chi connectivity index (χ0n) is 17.9. The number of ether oxygens (including phenoxy) is 1. The fourth-order valence-electron chi connectivity index (χ4n) is 4.31. The maximum atomic E-state index is 12.9. The van der Waals surface area contributed by atoms with Gasteiger partial charge in [0.25, 0.3) is 0 Å². The summed E-state index contributed by atoms with van der Waals surface area (Å²) in [5.41, 5.74) is 4.14. The lowest BCUT2D eigenvalue weighted by Crippen LogP contribution is -2.25. The molecule has 0 unspecified atom stereocenters. The molecule has 0 aliphatic carbocycles. The smallest absolute Gasteiger partial charge is 0.227 e. The number of aryl methyl sites for hydroxylation is 1. The van der Waals surface area contributed by atoms with E-state index >= 15 is 0 Å². The van der Waals surface area contributed by atoms with Crippen LogP contribution in [0.15, 0.2) is 77.3 Å². The number of imidazole rings is 1. The van der Waals surface area contributed by atoms with E-state index in [1.54, 1.807) is 0 Å². The second-order valence-electron chi connectivity index (χ2n) is 8.13. The monoisotopic (exact) mass is 489 g/mol. The minimum absolute atomic E-state index is 0.0291. The number of benzene rings is 3. The zero-order valence-corrected chi connectivity index (χ0v) is 19.5. The lowest BCUT2D eigenvalue weighted by Gasteiger charge is -2.19. The summed E-state index contributed by atoms with van der Waals surface area (Å²) >= 11 is 3.58. The summed E-state index contributed by atoms with van der Waals surface area (Å²) in [5, 5.41) is 0. The Morgan fingerprint density at radius 1 is 1.03 bits per heavy atom. The van der Waals surface area contributed by atoms with Crippen molar-refractivity contribution in [3.05, 3.63) is 88.7 Å². The van der Waals surface area contributed by atoms with Gasteiger partial charge in [0.2, 0.25) is 5.91 Å². The van der Waals surface area contributed by atoms with E-state index in [0.717, 1.165) is 32.8 Å². The number of para-hydroxylation sites is 3. The molecular weight excluding hydrogens is 466 g/mol. The molecule has 0 bridgehead atoms. The molecule has 162 valence electrons. The minimum atomic E-state index is 0.0291. The number of fused-ring (bicyclic) bond motifs is 1. The van der Waals surface area contributed by atoms with Crippen molar-refractivity contribution < 1.29 is 9.53 Å². The van der Waals surface area contributed by atoms with Crippen molar-refractivity contribution in [2.45, 2.75) is 25.8 Å². The van der Waals surface area contributed by atoms with Gasteiger partial charge in [-0.15, -0.1) is 0 Å². The molecule has 2 heterocycles. The largest absolute Gasteiger partial charge is 0.492 e. The highest BCUT2D eigenvalue weighted by molar-refractivity contribution is 9.10. The molecule has 1 saturated heterocycles. The number of nitrogens with zero attached hydrogens (tertiary/aromatic N) is 3. The molecule has 1 fully saturated rings. The summed E-state index contributed by atoms with van der Waals surface area (Å²) in [4.78, 5) is 19.7. The van der Waals surface area contributed by atoms with E-state index in [-0.39, 0.29) is 11.8 Å². The van der Waals surface area contributed by atoms with Crippen LogP contribution in [0.1, 0.15) is 23.7 Å². The molecule has 0 spiro atoms. The summed E-state index contributed by atoms with van der Waals surface area (Å²) in [5.74, 6) is 1.96. The predicted octanol–water partition coefficient (Wildman–Crippen LogP) is 5.71. The summed E-state index contributed by atoms with van der Waals surface area (Å²) in [6.45, 7) is 3.88. The van der Waals surface area contributed by atoms with Gasteiger partial charge in [0, 0.05) is 23.4 Å². The molecule has 5 nitrogen and oxygen atoms in total. The highest BCUT2D eigenvalue weighted by Gasteiger charge is 2.35. The Kier molecular flexibility index (Phi) is 5.70. The second kappa shape index (κ2) is 8.79. The Morgan fingerprint density at radius 2 is 1.78 bits per heavy atom. The molecule has 1 aliphatic rings. The number of anilines is 1. The lowest BCUT2D eigenvalue weighted by molar-refractivity contribution is -0.117. The zero-order chi connectivity index (χ0) is 22.1. The summed E-state index contributed by atoms with van der Waals surface area (Å²) < 4.78 is 9.13. The number of hydrogen-bond acceptors (Lipinski definition) is 3. The highest BCUT2D eigenvalue weighted by Crippen LogP contribution is 2.36. The molecule has 0 radical (unpaired) electrons. The number of hydrogen-bond donors (Lipinski definition) is 0. The van der Waals surface area contributed by atoms with Crippen LogP contribution in [-0.4, -0.2) is 28.6 Å². The van der Waals surface area contributed by atoms with Crippen LogP contribution in [0.2, 0.25) is 0 Å². The Hall–Kier alpha value is -3.12. The van der Waals surface area contributed by atoms with E-state index in [4.69, 9.17) is 9.72 Å². The number of aromatic nitrogens is 2. The number of carbonyl (C=O) groups excluding carboxylic acids is 1. The molecule has 6 heteroatoms. The van der Waals surface area contributed by atoms with Crippen LogP contribution < -0.4 is 9.64 Å². The van der Waals surface area contributed by atoms with Crippen molar-refractivity contribution in [1.29, 1.82) is 0 Å². The van der Waals surface area contributed by atoms with Crippen molar-refractivity contribution in [2.24, 2.45) is 0 Å². The fraction of sp³-hybridized carbons (Fsp3) is 0.231. The average Bonchev–Trinajstić information content (AvgIpc) is 3.36. The standard InChI is InChI=1S/C26H24BrN3O2/c1-18-10-12-20(13-11-18)32-15-14-29-24-9-5-3-7-22(24)28-26(29)19-16-25(31)30(17-19)23-8-4-2-6-21(23)27/h2-13,19H,14-17H2,1H3/t19-/m0/s1. The van der Waals surface area contributed by atoms with Crippen LogP contribution in [0.5, 0.6) is 5.75 Å². The van der Waals surface area contributed by atoms with Crippen LogP contribution in [0.4, 0.5) is 5.69 Å². The molecule has 1 aliphatic heterocycles. The number of carbonyl (C=O) groups is 1. The molecule has 5 rings (SSSR count). The molecule has 4 aromatic rings. The van der Waals surface area contributed by atoms with E-state index in [9.17, 15) is 4.79 Å². The van der Waals surface area contributed by atoms with Crippen molar-refractivity contribution in [3.63, 3.8) is 0 Å². The van der Waals surface area contributed by atoms with E-state index in [1.165, 1.54) is 5.56 Å². The second-order valence-corrected chi connectivity index (χ2v) is 8.98. The van der Waals surface area contributed by atoms with Crippen molar-refractivity contribution >= 4 is 38.6 Å². The van der Waals surface area contributed by atoms with Gasteiger partial charge in [-0.1, -0.05) is 42.0 Å². The first kappa shape index (κ1) is 20.8. The third kappa shape index (κ3) is 4.02. The maximum absolute atomic E-state index is 12.9. The van der Waals surface area contributed by atoms with Crippen LogP contribution in [-0.2, 0) is 11.3 Å². The molecular formula is C26H24BrN3O2. The Bertz CT molecular complexity index is 1270. The van der Waals surface area contributed by atoms with Crippen LogP contribution >= 0.6 is 15.9 Å². The molecule has 3 aromatic carbocycles. The van der Waals surface area contributed by atoms with Crippen LogP contribution in [0.3, 0.4) is 0 Å². The normalized spacial score (nSPS) is 16.1. The Morgan fingerprint density at radius 3 is 2.59 bits per heavy atom.